The van der Waals surface area contributed by atoms with Crippen LogP contribution in [0.4, 0.5) is 10.5 Å². The van der Waals surface area contributed by atoms with Gasteiger partial charge in [0.25, 0.3) is 6.09 Å². The van der Waals surface area contributed by atoms with Crippen LogP contribution in [-0.4, -0.2) is 18.3 Å². The Kier molecular flexibility index (Phi) is 2.38. The minimum Gasteiger partial charge on any atom is -0.496 e. The molecule has 0 saturated heterocycles. The molecule has 2 aromatic carbocycles. The molecule has 0 radical (unpaired) electrons. The Bertz CT molecular complexity index is 543. The van der Waals surface area contributed by atoms with Gasteiger partial charge in [-0.25, -0.2) is 5.21 Å². The Morgan fingerprint density at radius 1 is 1.19 bits per heavy atom. The molecule has 0 spiro atoms. The lowest BCUT2D eigenvalue weighted by Crippen LogP contribution is -2.54. The minimum absolute atomic E-state index is 0.290. The first-order valence-corrected chi connectivity index (χ1v) is 4.82. The molecule has 1 N–H and O–H groups in total. The molecular weight excluding hydrogens is 206 g/mol. The maximum atomic E-state index is 10.9. The Labute approximate surface area is 92.5 Å². The molecule has 0 aromatic heterocycles. The molecule has 4 nitrogen and oxygen atoms in total. The number of carboxylic acid groups (broad SMARTS) is 1. The predicted molar refractivity (Wildman–Crippen MR) is 58.8 cm³/mol. The number of hydroxylamine groups is 2. The van der Waals surface area contributed by atoms with Gasteiger partial charge in [0.05, 0.1) is 0 Å². The number of rotatable bonds is 1. The molecule has 1 atom stereocenters. The summed E-state index contributed by atoms with van der Waals surface area (Å²) in [5, 5.41) is 22.3. The number of fused-ring (bicyclic) bond motifs is 1. The normalized spacial score (nSPS) is 14.6. The standard InChI is InChI=1S/C12H11NO3/c1-13(16,12(14)15)11-8-4-6-9-5-2-3-7-10(9)11/h2-8,16H,1H3. The van der Waals surface area contributed by atoms with E-state index in [2.05, 4.69) is 0 Å². The maximum Gasteiger partial charge on any atom is 0.297 e. The molecule has 2 rings (SSSR count). The smallest absolute Gasteiger partial charge is 0.297 e. The van der Waals surface area contributed by atoms with Crippen molar-refractivity contribution in [2.24, 2.45) is 0 Å². The summed E-state index contributed by atoms with van der Waals surface area (Å²) in [5.74, 6) is 0. The third-order valence-electron chi connectivity index (χ3n) is 2.59. The maximum absolute atomic E-state index is 10.9. The molecule has 4 heteroatoms. The lowest BCUT2D eigenvalue weighted by molar-refractivity contribution is -0.286. The van der Waals surface area contributed by atoms with Crippen LogP contribution in [0.2, 0.25) is 0 Å². The minimum atomic E-state index is -1.56. The van der Waals surface area contributed by atoms with Gasteiger partial charge in [0.15, 0.2) is 5.69 Å². The lowest BCUT2D eigenvalue weighted by Gasteiger charge is -2.24. The fourth-order valence-electron chi connectivity index (χ4n) is 1.69. The van der Waals surface area contributed by atoms with Crippen molar-refractivity contribution in [3.05, 3.63) is 42.5 Å². The highest BCUT2D eigenvalue weighted by molar-refractivity contribution is 5.96. The van der Waals surface area contributed by atoms with Gasteiger partial charge in [-0.2, -0.15) is 0 Å². The second kappa shape index (κ2) is 3.59. The summed E-state index contributed by atoms with van der Waals surface area (Å²) in [7, 11) is 1.16. The number of hydrogen-bond acceptors (Lipinski definition) is 3. The summed E-state index contributed by atoms with van der Waals surface area (Å²) >= 11 is 0. The SMILES string of the molecule is C[N+](O)(C(=O)[O-])c1cccc2ccccc12. The number of nitrogens with zero attached hydrogens (tertiary/aromatic N) is 1. The van der Waals surface area contributed by atoms with E-state index in [4.69, 9.17) is 0 Å². The molecule has 0 bridgehead atoms. The molecule has 0 fully saturated rings. The zero-order valence-corrected chi connectivity index (χ0v) is 8.75. The summed E-state index contributed by atoms with van der Waals surface area (Å²) in [6, 6.07) is 12.4. The van der Waals surface area contributed by atoms with Crippen molar-refractivity contribution in [1.29, 1.82) is 0 Å². The van der Waals surface area contributed by atoms with Crippen molar-refractivity contribution in [2.45, 2.75) is 0 Å². The van der Waals surface area contributed by atoms with E-state index in [0.717, 1.165) is 12.4 Å². The first-order valence-electron chi connectivity index (χ1n) is 4.82. The van der Waals surface area contributed by atoms with Gasteiger partial charge in [0.1, 0.15) is 7.05 Å². The van der Waals surface area contributed by atoms with Gasteiger partial charge in [0, 0.05) is 11.5 Å². The summed E-state index contributed by atoms with van der Waals surface area (Å²) in [5.41, 5.74) is 0.290. The zero-order valence-electron chi connectivity index (χ0n) is 8.75. The van der Waals surface area contributed by atoms with E-state index in [9.17, 15) is 15.1 Å². The summed E-state index contributed by atoms with van der Waals surface area (Å²) < 4.78 is -1.28. The highest BCUT2D eigenvalue weighted by atomic mass is 16.6. The zero-order chi connectivity index (χ0) is 11.8. The van der Waals surface area contributed by atoms with Crippen LogP contribution in [0, 0.1) is 0 Å². The molecule has 0 saturated carbocycles. The molecule has 2 aromatic rings. The largest absolute Gasteiger partial charge is 0.496 e. The number of amides is 1. The fraction of sp³-hybridized carbons (Fsp3) is 0.0833. The van der Waals surface area contributed by atoms with Crippen LogP contribution >= 0.6 is 0 Å². The van der Waals surface area contributed by atoms with Crippen LogP contribution in [0.25, 0.3) is 10.8 Å². The Hall–Kier alpha value is -1.91. The highest BCUT2D eigenvalue weighted by Gasteiger charge is 2.27. The van der Waals surface area contributed by atoms with E-state index in [1.807, 2.05) is 18.2 Å². The van der Waals surface area contributed by atoms with E-state index in [-0.39, 0.29) is 5.69 Å². The third-order valence-corrected chi connectivity index (χ3v) is 2.59. The van der Waals surface area contributed by atoms with Crippen molar-refractivity contribution in [3.8, 4) is 0 Å². The molecule has 0 aliphatic heterocycles. The molecule has 0 aliphatic rings. The predicted octanol–water partition coefficient (Wildman–Crippen LogP) is 1.51. The quantitative estimate of drug-likeness (QED) is 0.447. The number of carbonyl (C=O) groups excluding carboxylic acids is 1. The average molecular weight is 217 g/mol. The molecule has 1 amide bonds. The Morgan fingerprint density at radius 2 is 1.81 bits per heavy atom. The second-order valence-electron chi connectivity index (χ2n) is 3.72. The summed E-state index contributed by atoms with van der Waals surface area (Å²) in [6.45, 7) is 0. The van der Waals surface area contributed by atoms with Gasteiger partial charge in [-0.05, 0) is 11.5 Å². The van der Waals surface area contributed by atoms with Gasteiger partial charge in [-0.15, -0.1) is 4.65 Å². The first kappa shape index (κ1) is 10.6. The van der Waals surface area contributed by atoms with Crippen molar-refractivity contribution in [2.75, 3.05) is 7.05 Å². The molecule has 16 heavy (non-hydrogen) atoms. The number of quaternary nitrogens is 1. The third kappa shape index (κ3) is 1.54. The van der Waals surface area contributed by atoms with Crippen LogP contribution in [0.5, 0.6) is 0 Å². The van der Waals surface area contributed by atoms with Crippen molar-refractivity contribution < 1.29 is 15.1 Å². The second-order valence-corrected chi connectivity index (χ2v) is 3.72. The molecule has 1 unspecified atom stereocenters. The van der Waals surface area contributed by atoms with Crippen LogP contribution in [-0.2, 0) is 0 Å². The van der Waals surface area contributed by atoms with Crippen LogP contribution < -0.4 is 9.75 Å². The van der Waals surface area contributed by atoms with E-state index in [0.29, 0.717) is 5.39 Å². The fourth-order valence-corrected chi connectivity index (χ4v) is 1.69. The van der Waals surface area contributed by atoms with E-state index in [1.54, 1.807) is 24.3 Å². The molecule has 82 valence electrons. The van der Waals surface area contributed by atoms with E-state index in [1.165, 1.54) is 0 Å². The van der Waals surface area contributed by atoms with Crippen molar-refractivity contribution >= 4 is 22.6 Å². The van der Waals surface area contributed by atoms with Gasteiger partial charge < -0.3 is 9.90 Å². The van der Waals surface area contributed by atoms with Crippen LogP contribution in [0.3, 0.4) is 0 Å². The molecular formula is C12H11NO3. The Morgan fingerprint density at radius 3 is 2.50 bits per heavy atom. The van der Waals surface area contributed by atoms with E-state index < -0.39 is 10.7 Å². The topological polar surface area (TPSA) is 60.4 Å². The van der Waals surface area contributed by atoms with Gasteiger partial charge in [0.2, 0.25) is 0 Å². The van der Waals surface area contributed by atoms with Gasteiger partial charge >= 0.3 is 0 Å². The van der Waals surface area contributed by atoms with Crippen molar-refractivity contribution in [1.82, 2.24) is 4.65 Å². The lowest BCUT2D eigenvalue weighted by atomic mass is 10.1. The van der Waals surface area contributed by atoms with E-state index >= 15 is 0 Å². The number of carbonyl (C=O) groups is 1. The van der Waals surface area contributed by atoms with Crippen LogP contribution in [0.1, 0.15) is 0 Å². The highest BCUT2D eigenvalue weighted by Crippen LogP contribution is 2.28. The van der Waals surface area contributed by atoms with Gasteiger partial charge in [-0.1, -0.05) is 30.3 Å². The van der Waals surface area contributed by atoms with Crippen molar-refractivity contribution in [3.63, 3.8) is 0 Å². The van der Waals surface area contributed by atoms with Gasteiger partial charge in [-0.3, -0.25) is 0 Å². The number of hydrogen-bond donors (Lipinski definition) is 1. The number of benzene rings is 2. The van der Waals surface area contributed by atoms with Crippen LogP contribution in [0.15, 0.2) is 42.5 Å². The molecule has 0 heterocycles. The molecule has 0 aliphatic carbocycles. The first-order chi connectivity index (χ1) is 7.53. The monoisotopic (exact) mass is 217 g/mol. The Balaban J connectivity index is 2.74. The summed E-state index contributed by atoms with van der Waals surface area (Å²) in [6.07, 6.45) is -1.56. The summed E-state index contributed by atoms with van der Waals surface area (Å²) in [4.78, 5) is 10.9. The average Bonchev–Trinajstić information content (AvgIpc) is 2.28.